The van der Waals surface area contributed by atoms with Gasteiger partial charge < -0.3 is 10.0 Å². The highest BCUT2D eigenvalue weighted by molar-refractivity contribution is 5.94. The zero-order chi connectivity index (χ0) is 24.5. The molecule has 1 N–H and O–H groups in total. The highest BCUT2D eigenvalue weighted by Gasteiger charge is 2.61. The first-order chi connectivity index (χ1) is 16.7. The van der Waals surface area contributed by atoms with E-state index in [0.29, 0.717) is 29.1 Å². The molecule has 0 bridgehead atoms. The number of carbonyl (C=O) groups is 2. The van der Waals surface area contributed by atoms with E-state index in [1.54, 1.807) is 17.1 Å². The standard InChI is InChI=1S/C29H43N3O3/c1-18-13-24(25(33)17-32-16-20(15-30-32)27(34)31-11-4-12-31)29(3)10-8-22-21-7-9-28(2,35)14-19(21)5-6-23(22)26(18)29/h15-16,18-19,21-24,26,35H,4-14,17H2,1-3H3/t18-,19-,21+,22-,23-,24-,26+,28-,29-/m1/s1. The molecule has 6 heteroatoms. The Balaban J connectivity index is 1.16. The summed E-state index contributed by atoms with van der Waals surface area (Å²) >= 11 is 0. The molecule has 1 aliphatic heterocycles. The molecule has 1 amide bonds. The Morgan fingerprint density at radius 3 is 2.60 bits per heavy atom. The van der Waals surface area contributed by atoms with Crippen molar-refractivity contribution < 1.29 is 14.7 Å². The largest absolute Gasteiger partial charge is 0.390 e. The number of rotatable bonds is 4. The zero-order valence-electron chi connectivity index (χ0n) is 21.8. The fourth-order valence-corrected chi connectivity index (χ4v) is 9.65. The Morgan fingerprint density at radius 1 is 1.09 bits per heavy atom. The lowest BCUT2D eigenvalue weighted by molar-refractivity contribution is -0.133. The smallest absolute Gasteiger partial charge is 0.257 e. The molecular weight excluding hydrogens is 438 g/mol. The number of Topliss-reactive ketones (excluding diaryl/α,β-unsaturated/α-hetero) is 1. The topological polar surface area (TPSA) is 75.4 Å². The number of hydrogen-bond donors (Lipinski definition) is 1. The fourth-order valence-electron chi connectivity index (χ4n) is 9.65. The molecule has 2 heterocycles. The molecule has 4 saturated carbocycles. The molecule has 192 valence electrons. The maximum Gasteiger partial charge on any atom is 0.257 e. The van der Waals surface area contributed by atoms with Crippen molar-refractivity contribution >= 4 is 11.7 Å². The second kappa shape index (κ2) is 8.43. The molecule has 5 fully saturated rings. The average molecular weight is 482 g/mol. The van der Waals surface area contributed by atoms with Crippen LogP contribution in [0, 0.1) is 46.8 Å². The molecule has 1 aromatic rings. The van der Waals surface area contributed by atoms with E-state index in [4.69, 9.17) is 0 Å². The molecule has 0 aromatic carbocycles. The van der Waals surface area contributed by atoms with E-state index < -0.39 is 5.60 Å². The number of aromatic nitrogens is 2. The third kappa shape index (κ3) is 3.89. The molecule has 35 heavy (non-hydrogen) atoms. The van der Waals surface area contributed by atoms with Crippen molar-refractivity contribution in [2.45, 2.75) is 90.7 Å². The van der Waals surface area contributed by atoms with E-state index in [1.807, 2.05) is 11.8 Å². The van der Waals surface area contributed by atoms with Gasteiger partial charge in [-0.25, -0.2) is 0 Å². The van der Waals surface area contributed by atoms with E-state index in [1.165, 1.54) is 25.7 Å². The summed E-state index contributed by atoms with van der Waals surface area (Å²) in [5, 5.41) is 15.1. The number of carbonyl (C=O) groups excluding carboxylic acids is 2. The van der Waals surface area contributed by atoms with Crippen molar-refractivity contribution in [2.24, 2.45) is 46.8 Å². The molecule has 0 spiro atoms. The third-order valence-electron chi connectivity index (χ3n) is 11.3. The highest BCUT2D eigenvalue weighted by Crippen LogP contribution is 2.66. The molecule has 5 aliphatic rings. The lowest BCUT2D eigenvalue weighted by Crippen LogP contribution is -2.51. The third-order valence-corrected chi connectivity index (χ3v) is 11.3. The van der Waals surface area contributed by atoms with Crippen LogP contribution >= 0.6 is 0 Å². The number of aliphatic hydroxyl groups is 1. The van der Waals surface area contributed by atoms with Crippen LogP contribution in [-0.2, 0) is 11.3 Å². The van der Waals surface area contributed by atoms with E-state index in [0.717, 1.165) is 62.9 Å². The second-order valence-electron chi connectivity index (χ2n) is 13.4. The van der Waals surface area contributed by atoms with Crippen molar-refractivity contribution in [2.75, 3.05) is 13.1 Å². The molecule has 0 radical (unpaired) electrons. The summed E-state index contributed by atoms with van der Waals surface area (Å²) in [6, 6.07) is 0. The van der Waals surface area contributed by atoms with Crippen LogP contribution in [0.2, 0.25) is 0 Å². The van der Waals surface area contributed by atoms with Crippen LogP contribution in [0.4, 0.5) is 0 Å². The van der Waals surface area contributed by atoms with Gasteiger partial charge >= 0.3 is 0 Å². The van der Waals surface area contributed by atoms with Gasteiger partial charge in [-0.05, 0) is 106 Å². The molecule has 1 aromatic heterocycles. The first-order valence-corrected chi connectivity index (χ1v) is 14.2. The van der Waals surface area contributed by atoms with Crippen molar-refractivity contribution in [3.63, 3.8) is 0 Å². The fraction of sp³-hybridized carbons (Fsp3) is 0.828. The van der Waals surface area contributed by atoms with Gasteiger partial charge in [-0.1, -0.05) is 13.8 Å². The minimum absolute atomic E-state index is 0.0367. The first kappa shape index (κ1) is 23.7. The Kier molecular flexibility index (Phi) is 5.70. The molecule has 9 atom stereocenters. The van der Waals surface area contributed by atoms with Gasteiger partial charge in [-0.15, -0.1) is 0 Å². The summed E-state index contributed by atoms with van der Waals surface area (Å²) in [6.45, 7) is 8.78. The van der Waals surface area contributed by atoms with Gasteiger partial charge in [0.05, 0.1) is 23.9 Å². The molecular formula is C29H43N3O3. The maximum atomic E-state index is 13.7. The predicted molar refractivity (Wildman–Crippen MR) is 134 cm³/mol. The minimum atomic E-state index is -0.471. The van der Waals surface area contributed by atoms with Gasteiger partial charge in [0.15, 0.2) is 5.78 Å². The maximum absolute atomic E-state index is 13.7. The van der Waals surface area contributed by atoms with Gasteiger partial charge in [0.25, 0.3) is 5.91 Å². The average Bonchev–Trinajstić information content (AvgIpc) is 3.33. The van der Waals surface area contributed by atoms with Crippen LogP contribution in [0.25, 0.3) is 0 Å². The van der Waals surface area contributed by atoms with Gasteiger partial charge in [0.1, 0.15) is 0 Å². The van der Waals surface area contributed by atoms with E-state index in [2.05, 4.69) is 18.9 Å². The number of nitrogens with zero attached hydrogens (tertiary/aromatic N) is 3. The monoisotopic (exact) mass is 481 g/mol. The summed E-state index contributed by atoms with van der Waals surface area (Å²) in [6.07, 6.45) is 13.5. The predicted octanol–water partition coefficient (Wildman–Crippen LogP) is 4.56. The van der Waals surface area contributed by atoms with Crippen molar-refractivity contribution in [1.29, 1.82) is 0 Å². The molecule has 6 rings (SSSR count). The summed E-state index contributed by atoms with van der Waals surface area (Å²) in [5.74, 6) is 4.59. The van der Waals surface area contributed by atoms with Gasteiger partial charge in [0, 0.05) is 25.2 Å². The Bertz CT molecular complexity index is 997. The first-order valence-electron chi connectivity index (χ1n) is 14.2. The van der Waals surface area contributed by atoms with Crippen molar-refractivity contribution in [3.05, 3.63) is 18.0 Å². The Labute approximate surface area is 209 Å². The lowest BCUT2D eigenvalue weighted by atomic mass is 9.48. The van der Waals surface area contributed by atoms with Crippen LogP contribution < -0.4 is 0 Å². The number of amides is 1. The molecule has 6 nitrogen and oxygen atoms in total. The minimum Gasteiger partial charge on any atom is -0.390 e. The molecule has 1 saturated heterocycles. The summed E-state index contributed by atoms with van der Waals surface area (Å²) < 4.78 is 1.70. The zero-order valence-corrected chi connectivity index (χ0v) is 21.8. The summed E-state index contributed by atoms with van der Waals surface area (Å²) in [7, 11) is 0. The summed E-state index contributed by atoms with van der Waals surface area (Å²) in [4.78, 5) is 28.0. The van der Waals surface area contributed by atoms with Crippen molar-refractivity contribution in [1.82, 2.24) is 14.7 Å². The highest BCUT2D eigenvalue weighted by atomic mass is 16.3. The van der Waals surface area contributed by atoms with Crippen LogP contribution in [0.15, 0.2) is 12.4 Å². The second-order valence-corrected chi connectivity index (χ2v) is 13.4. The number of ketones is 1. The summed E-state index contributed by atoms with van der Waals surface area (Å²) in [5.41, 5.74) is 0.209. The van der Waals surface area contributed by atoms with Gasteiger partial charge in [0.2, 0.25) is 0 Å². The number of likely N-dealkylation sites (tertiary alicyclic amines) is 1. The van der Waals surface area contributed by atoms with Gasteiger partial charge in [-0.2, -0.15) is 5.10 Å². The van der Waals surface area contributed by atoms with Gasteiger partial charge in [-0.3, -0.25) is 14.3 Å². The Morgan fingerprint density at radius 2 is 1.86 bits per heavy atom. The number of hydrogen-bond acceptors (Lipinski definition) is 4. The molecule has 4 aliphatic carbocycles. The van der Waals surface area contributed by atoms with E-state index in [9.17, 15) is 14.7 Å². The lowest BCUT2D eigenvalue weighted by Gasteiger charge is -2.57. The SMILES string of the molecule is C[C@@H]1C[C@H](C(=O)Cn2cc(C(=O)N3CCC3)cn2)[C@@]2(C)CC[C@H]3[C@@H](CC[C@@H]4C[C@](C)(O)CC[C@@H]43)[C@H]12. The number of fused-ring (bicyclic) bond motifs is 5. The Hall–Kier alpha value is -1.69. The molecule has 0 unspecified atom stereocenters. The van der Waals surface area contributed by atoms with Crippen LogP contribution in [0.1, 0.15) is 88.9 Å². The van der Waals surface area contributed by atoms with E-state index in [-0.39, 0.29) is 23.8 Å². The van der Waals surface area contributed by atoms with E-state index >= 15 is 0 Å². The van der Waals surface area contributed by atoms with Crippen molar-refractivity contribution in [3.8, 4) is 0 Å². The van der Waals surface area contributed by atoms with Crippen LogP contribution in [0.3, 0.4) is 0 Å². The van der Waals surface area contributed by atoms with Crippen LogP contribution in [-0.4, -0.2) is 50.2 Å². The van der Waals surface area contributed by atoms with Crippen LogP contribution in [0.5, 0.6) is 0 Å². The quantitative estimate of drug-likeness (QED) is 0.684. The normalized spacial score (nSPS) is 44.7.